The quantitative estimate of drug-likeness (QED) is 0.152. The summed E-state index contributed by atoms with van der Waals surface area (Å²) in [6.07, 6.45) is 10.7. The molecule has 3 heterocycles. The van der Waals surface area contributed by atoms with Crippen LogP contribution in [0.15, 0.2) is 75.2 Å². The van der Waals surface area contributed by atoms with Crippen molar-refractivity contribution in [1.29, 1.82) is 0 Å². The first-order chi connectivity index (χ1) is 21.8. The van der Waals surface area contributed by atoms with Gasteiger partial charge < -0.3 is 35.4 Å². The highest BCUT2D eigenvalue weighted by molar-refractivity contribution is 6.00. The van der Waals surface area contributed by atoms with Crippen LogP contribution in [0, 0.1) is 0 Å². The number of hydrogen-bond acceptors (Lipinski definition) is 8. The minimum atomic E-state index is -1.03. The minimum Gasteiger partial charge on any atom is -0.502 e. The molecule has 12 heteroatoms. The molecule has 6 aromatic rings. The number of rotatable bonds is 9. The van der Waals surface area contributed by atoms with E-state index in [-0.39, 0.29) is 12.1 Å². The van der Waals surface area contributed by atoms with Gasteiger partial charge in [-0.3, -0.25) is 19.2 Å². The van der Waals surface area contributed by atoms with E-state index in [0.717, 1.165) is 48.1 Å². The molecule has 0 unspecified atom stereocenters. The molecule has 3 aromatic heterocycles. The molecule has 2 amide bonds. The van der Waals surface area contributed by atoms with Gasteiger partial charge in [-0.25, -0.2) is 4.98 Å². The molecule has 1 fully saturated rings. The average molecular weight is 607 g/mol. The molecule has 1 atom stereocenters. The van der Waals surface area contributed by atoms with Crippen molar-refractivity contribution in [3.8, 4) is 17.1 Å². The number of aromatic amines is 1. The molecular formula is C33H30N6O6. The maximum Gasteiger partial charge on any atom is 0.271 e. The van der Waals surface area contributed by atoms with Gasteiger partial charge in [-0.2, -0.15) is 0 Å². The Morgan fingerprint density at radius 3 is 2.64 bits per heavy atom. The van der Waals surface area contributed by atoms with E-state index in [4.69, 9.17) is 15.1 Å². The van der Waals surface area contributed by atoms with Crippen LogP contribution in [0.4, 0.5) is 11.4 Å². The Labute approximate surface area is 255 Å². The second-order valence-corrected chi connectivity index (χ2v) is 11.5. The molecule has 7 rings (SSSR count). The molecule has 228 valence electrons. The summed E-state index contributed by atoms with van der Waals surface area (Å²) in [5.41, 5.74) is 8.55. The Balaban J connectivity index is 1.14. The SMILES string of the molecule is NC(=O)[C@H](Cc1c[nH]c2ccc(Nc3c(O)c(=O)c3=O)cc12)NC(=O)c1ccc2c(c1)nc(-c1ccoc1)n2C1CCCCC1. The number of aromatic hydroxyl groups is 1. The molecule has 0 saturated heterocycles. The fraction of sp³-hybridized carbons (Fsp3) is 0.242. The Morgan fingerprint density at radius 1 is 1.09 bits per heavy atom. The van der Waals surface area contributed by atoms with Gasteiger partial charge in [0.25, 0.3) is 16.8 Å². The van der Waals surface area contributed by atoms with Crippen LogP contribution in [-0.4, -0.2) is 37.5 Å². The molecule has 3 aromatic carbocycles. The minimum absolute atomic E-state index is 0.0963. The molecule has 45 heavy (non-hydrogen) atoms. The lowest BCUT2D eigenvalue weighted by atomic mass is 9.95. The topological polar surface area (TPSA) is 185 Å². The number of primary amides is 1. The first-order valence-corrected chi connectivity index (χ1v) is 14.8. The highest BCUT2D eigenvalue weighted by atomic mass is 16.3. The first-order valence-electron chi connectivity index (χ1n) is 14.8. The number of anilines is 2. The van der Waals surface area contributed by atoms with Gasteiger partial charge >= 0.3 is 0 Å². The Morgan fingerprint density at radius 2 is 1.91 bits per heavy atom. The first kappa shape index (κ1) is 28.1. The van der Waals surface area contributed by atoms with Gasteiger partial charge in [0.2, 0.25) is 5.91 Å². The summed E-state index contributed by atoms with van der Waals surface area (Å²) in [4.78, 5) is 57.1. The number of benzene rings is 2. The number of carbonyl (C=O) groups excluding carboxylic acids is 2. The van der Waals surface area contributed by atoms with E-state index >= 15 is 0 Å². The average Bonchev–Trinajstić information content (AvgIpc) is 3.81. The van der Waals surface area contributed by atoms with Gasteiger partial charge in [-0.05, 0) is 60.9 Å². The molecule has 12 nitrogen and oxygen atoms in total. The van der Waals surface area contributed by atoms with Gasteiger partial charge in [0.05, 0.1) is 22.9 Å². The Hall–Kier alpha value is -5.65. The summed E-state index contributed by atoms with van der Waals surface area (Å²) in [7, 11) is 0. The monoisotopic (exact) mass is 606 g/mol. The molecule has 0 aliphatic heterocycles. The van der Waals surface area contributed by atoms with E-state index in [1.54, 1.807) is 49.1 Å². The van der Waals surface area contributed by atoms with E-state index in [1.807, 2.05) is 12.1 Å². The normalized spacial score (nSPS) is 14.7. The molecule has 1 aliphatic rings. The second-order valence-electron chi connectivity index (χ2n) is 11.5. The predicted molar refractivity (Wildman–Crippen MR) is 168 cm³/mol. The number of nitrogens with zero attached hydrogens (tertiary/aromatic N) is 2. The number of imidazole rings is 1. The van der Waals surface area contributed by atoms with Gasteiger partial charge in [-0.1, -0.05) is 19.3 Å². The van der Waals surface area contributed by atoms with Crippen LogP contribution in [0.3, 0.4) is 0 Å². The largest absolute Gasteiger partial charge is 0.502 e. The van der Waals surface area contributed by atoms with Crippen molar-refractivity contribution < 1.29 is 19.1 Å². The second kappa shape index (κ2) is 11.1. The van der Waals surface area contributed by atoms with Gasteiger partial charge in [0.15, 0.2) is 5.75 Å². The standard InChI is InChI=1S/C33H30N6O6/c34-31(43)25(13-19-15-35-23-8-7-20(14-22(19)23)36-27-28(40)30(42)29(27)41)38-33(44)17-6-9-26-24(12-17)37-32(18-10-11-45-16-18)39(26)21-4-2-1-3-5-21/h6-12,14-16,21,25,35-36,40H,1-5,13H2,(H2,34,43)(H,38,44)/t25-/m0/s1. The Kier molecular flexibility index (Phi) is 6.96. The smallest absolute Gasteiger partial charge is 0.271 e. The summed E-state index contributed by atoms with van der Waals surface area (Å²) in [6, 6.07) is 11.7. The number of H-pyrrole nitrogens is 1. The zero-order chi connectivity index (χ0) is 31.2. The molecule has 1 saturated carbocycles. The number of fused-ring (bicyclic) bond motifs is 2. The van der Waals surface area contributed by atoms with E-state index in [0.29, 0.717) is 33.8 Å². The lowest BCUT2D eigenvalue weighted by molar-refractivity contribution is -0.119. The fourth-order valence-corrected chi connectivity index (χ4v) is 6.29. The number of nitrogens with one attached hydrogen (secondary N) is 3. The van der Waals surface area contributed by atoms with Gasteiger partial charge in [0.1, 0.15) is 23.8 Å². The van der Waals surface area contributed by atoms with E-state index in [9.17, 15) is 24.3 Å². The lowest BCUT2D eigenvalue weighted by Gasteiger charge is -2.25. The maximum atomic E-state index is 13.4. The molecule has 0 radical (unpaired) electrons. The van der Waals surface area contributed by atoms with Crippen LogP contribution in [-0.2, 0) is 11.2 Å². The fourth-order valence-electron chi connectivity index (χ4n) is 6.29. The number of hydrogen-bond donors (Lipinski definition) is 5. The highest BCUT2D eigenvalue weighted by Gasteiger charge is 2.26. The number of aromatic nitrogens is 3. The zero-order valence-electron chi connectivity index (χ0n) is 24.1. The summed E-state index contributed by atoms with van der Waals surface area (Å²) in [6.45, 7) is 0. The van der Waals surface area contributed by atoms with Crippen LogP contribution < -0.4 is 27.2 Å². The molecular weight excluding hydrogens is 576 g/mol. The molecule has 6 N–H and O–H groups in total. The lowest BCUT2D eigenvalue weighted by Crippen LogP contribution is -2.45. The van der Waals surface area contributed by atoms with Crippen molar-refractivity contribution in [2.45, 2.75) is 50.6 Å². The van der Waals surface area contributed by atoms with Crippen LogP contribution in [0.25, 0.3) is 33.3 Å². The number of carbonyl (C=O) groups is 2. The third-order valence-electron chi connectivity index (χ3n) is 8.67. The van der Waals surface area contributed by atoms with Crippen LogP contribution in [0.1, 0.15) is 54.1 Å². The predicted octanol–water partition coefficient (Wildman–Crippen LogP) is 4.15. The van der Waals surface area contributed by atoms with Crippen molar-refractivity contribution >= 4 is 45.1 Å². The molecule has 0 bridgehead atoms. The van der Waals surface area contributed by atoms with Crippen molar-refractivity contribution in [1.82, 2.24) is 19.9 Å². The van der Waals surface area contributed by atoms with Crippen molar-refractivity contribution in [3.05, 3.63) is 92.8 Å². The number of amides is 2. The number of nitrogens with two attached hydrogens (primary N) is 1. The Bertz CT molecular complexity index is 2140. The summed E-state index contributed by atoms with van der Waals surface area (Å²) in [5.74, 6) is -0.977. The van der Waals surface area contributed by atoms with E-state index in [1.165, 1.54) is 6.42 Å². The molecule has 0 spiro atoms. The van der Waals surface area contributed by atoms with Crippen LogP contribution >= 0.6 is 0 Å². The van der Waals surface area contributed by atoms with Crippen molar-refractivity contribution in [3.63, 3.8) is 0 Å². The van der Waals surface area contributed by atoms with Crippen LogP contribution in [0.5, 0.6) is 5.75 Å². The van der Waals surface area contributed by atoms with Crippen molar-refractivity contribution in [2.75, 3.05) is 5.32 Å². The zero-order valence-corrected chi connectivity index (χ0v) is 24.1. The van der Waals surface area contributed by atoms with Crippen molar-refractivity contribution in [2.24, 2.45) is 5.73 Å². The summed E-state index contributed by atoms with van der Waals surface area (Å²) < 4.78 is 7.60. The van der Waals surface area contributed by atoms with Gasteiger partial charge in [-0.15, -0.1) is 0 Å². The van der Waals surface area contributed by atoms with Crippen LogP contribution in [0.2, 0.25) is 0 Å². The third kappa shape index (κ3) is 5.03. The third-order valence-corrected chi connectivity index (χ3v) is 8.67. The summed E-state index contributed by atoms with van der Waals surface area (Å²) in [5, 5.41) is 16.0. The maximum absolute atomic E-state index is 13.4. The van der Waals surface area contributed by atoms with E-state index in [2.05, 4.69) is 20.2 Å². The van der Waals surface area contributed by atoms with Gasteiger partial charge in [0, 0.05) is 40.8 Å². The van der Waals surface area contributed by atoms with E-state index < -0.39 is 34.5 Å². The summed E-state index contributed by atoms with van der Waals surface area (Å²) >= 11 is 0. The molecule has 1 aliphatic carbocycles. The number of furan rings is 1. The highest BCUT2D eigenvalue weighted by Crippen LogP contribution is 2.36.